The number of rotatable bonds is 8. The molecule has 0 saturated carbocycles. The smallest absolute Gasteiger partial charge is 0.265 e. The van der Waals surface area contributed by atoms with Gasteiger partial charge < -0.3 is 19.9 Å². The molecule has 8 nitrogen and oxygen atoms in total. The number of alkyl halides is 2. The van der Waals surface area contributed by atoms with Crippen LogP contribution in [0, 0.1) is 22.9 Å². The van der Waals surface area contributed by atoms with Crippen molar-refractivity contribution in [1.82, 2.24) is 4.98 Å². The number of hydrogen-bond donors (Lipinski definition) is 1. The number of aromatic nitrogens is 1. The monoisotopic (exact) mass is 806 g/mol. The summed E-state index contributed by atoms with van der Waals surface area (Å²) in [6, 6.07) is 14.5. The lowest BCUT2D eigenvalue weighted by atomic mass is 9.73. The molecule has 1 spiro atoms. The van der Waals surface area contributed by atoms with Crippen LogP contribution in [-0.4, -0.2) is 55.4 Å². The van der Waals surface area contributed by atoms with Crippen LogP contribution in [0.25, 0.3) is 10.4 Å². The minimum atomic E-state index is -2.82. The first-order chi connectivity index (χ1) is 26.9. The molecule has 5 heterocycles. The fourth-order valence-corrected chi connectivity index (χ4v) is 8.99. The van der Waals surface area contributed by atoms with E-state index >= 15 is 0 Å². The molecule has 3 aliphatic rings. The van der Waals surface area contributed by atoms with Gasteiger partial charge in [0, 0.05) is 89.8 Å². The zero-order chi connectivity index (χ0) is 39.3. The van der Waals surface area contributed by atoms with Gasteiger partial charge >= 0.3 is 0 Å². The number of ketones is 1. The molecule has 0 radical (unpaired) electrons. The van der Waals surface area contributed by atoms with Crippen LogP contribution in [0.5, 0.6) is 0 Å². The maximum Gasteiger partial charge on any atom is 0.265 e. The maximum atomic E-state index is 14.7. The van der Waals surface area contributed by atoms with E-state index in [4.69, 9.17) is 16.3 Å². The minimum Gasteiger partial charge on any atom is -0.381 e. The summed E-state index contributed by atoms with van der Waals surface area (Å²) in [7, 11) is 0. The number of carbonyl (C=O) groups is 3. The van der Waals surface area contributed by atoms with E-state index in [1.807, 2.05) is 4.90 Å². The number of nitrogens with zero attached hydrogens (tertiary/aromatic N) is 3. The Kier molecular flexibility index (Phi) is 10.1. The van der Waals surface area contributed by atoms with Crippen LogP contribution >= 0.6 is 22.9 Å². The van der Waals surface area contributed by atoms with Crippen molar-refractivity contribution in [3.63, 3.8) is 0 Å². The maximum absolute atomic E-state index is 14.7. The summed E-state index contributed by atoms with van der Waals surface area (Å²) in [5, 5.41) is 2.55. The third-order valence-electron chi connectivity index (χ3n) is 10.6. The van der Waals surface area contributed by atoms with Gasteiger partial charge in [0.05, 0.1) is 21.2 Å². The number of pyridine rings is 1. The average molecular weight is 807 g/mol. The quantitative estimate of drug-likeness (QED) is 0.124. The predicted octanol–water partition coefficient (Wildman–Crippen LogP) is 9.32. The Balaban J connectivity index is 1.000. The Labute approximate surface area is 326 Å². The third kappa shape index (κ3) is 7.28. The second-order valence-electron chi connectivity index (χ2n) is 14.2. The SMILES string of the molecule is O=C(Cc1c(F)cc(F)cc1Cl)c1cc2c(s1)-c1ccc(F)cc1N(C(=O)c1ccc(NC(=O)c3cc(C(F)F)cnc3N3CC4(CCOCC4)C3)cc1)CC2. The molecule has 3 aromatic carbocycles. The Morgan fingerprint density at radius 3 is 2.41 bits per heavy atom. The van der Waals surface area contributed by atoms with Crippen molar-refractivity contribution in [1.29, 1.82) is 0 Å². The highest BCUT2D eigenvalue weighted by Crippen LogP contribution is 2.44. The van der Waals surface area contributed by atoms with Crippen molar-refractivity contribution < 1.29 is 41.1 Å². The lowest BCUT2D eigenvalue weighted by Gasteiger charge is -2.53. The van der Waals surface area contributed by atoms with Gasteiger partial charge in [0.25, 0.3) is 18.2 Å². The van der Waals surface area contributed by atoms with E-state index in [9.17, 15) is 36.3 Å². The topological polar surface area (TPSA) is 91.8 Å². The molecule has 0 aliphatic carbocycles. The van der Waals surface area contributed by atoms with Crippen molar-refractivity contribution >= 4 is 57.7 Å². The van der Waals surface area contributed by atoms with E-state index in [1.165, 1.54) is 47.4 Å². The molecule has 2 fully saturated rings. The first-order valence-electron chi connectivity index (χ1n) is 17.8. The molecule has 0 atom stereocenters. The van der Waals surface area contributed by atoms with Gasteiger partial charge in [-0.1, -0.05) is 11.6 Å². The second-order valence-corrected chi connectivity index (χ2v) is 15.7. The molecule has 15 heteroatoms. The highest BCUT2D eigenvalue weighted by atomic mass is 35.5. The summed E-state index contributed by atoms with van der Waals surface area (Å²) in [5.41, 5.74) is 1.65. The summed E-state index contributed by atoms with van der Waals surface area (Å²) in [6.45, 7) is 2.71. The van der Waals surface area contributed by atoms with Crippen LogP contribution in [0.1, 0.15) is 66.3 Å². The number of halogens is 6. The Morgan fingerprint density at radius 1 is 0.946 bits per heavy atom. The normalized spacial score (nSPS) is 15.9. The molecular weight excluding hydrogens is 775 g/mol. The van der Waals surface area contributed by atoms with Crippen molar-refractivity contribution in [2.24, 2.45) is 5.41 Å². The van der Waals surface area contributed by atoms with Gasteiger partial charge in [-0.15, -0.1) is 11.3 Å². The first-order valence-corrected chi connectivity index (χ1v) is 19.0. The van der Waals surface area contributed by atoms with Gasteiger partial charge in [-0.05, 0) is 85.5 Å². The average Bonchev–Trinajstić information content (AvgIpc) is 3.53. The van der Waals surface area contributed by atoms with Crippen LogP contribution in [0.2, 0.25) is 5.02 Å². The van der Waals surface area contributed by atoms with Gasteiger partial charge in [-0.25, -0.2) is 26.9 Å². The molecule has 2 saturated heterocycles. The zero-order valence-corrected chi connectivity index (χ0v) is 31.1. The molecule has 0 unspecified atom stereocenters. The van der Waals surface area contributed by atoms with Crippen molar-refractivity contribution in [3.8, 4) is 10.4 Å². The molecule has 288 valence electrons. The van der Waals surface area contributed by atoms with Crippen molar-refractivity contribution in [2.45, 2.75) is 32.1 Å². The first kappa shape index (κ1) is 37.7. The Morgan fingerprint density at radius 2 is 1.70 bits per heavy atom. The Hall–Kier alpha value is -5.18. The molecule has 8 rings (SSSR count). The van der Waals surface area contributed by atoms with Gasteiger partial charge in [0.1, 0.15) is 23.3 Å². The standard InChI is InChI=1S/C41H32ClF5N4O4S/c42-31-15-26(44)16-32(45)29(31)18-34(52)35-14-23-7-10-51(33-17-25(43)3-6-28(33)36(23)56-35)40(54)22-1-4-27(5-2-22)49-39(53)30-13-24(37(46)47)19-48-38(30)50-20-41(21-50)8-11-55-12-9-41/h1-6,13-17,19,37H,7-12,18,20-21H2,(H,49,53). The summed E-state index contributed by atoms with van der Waals surface area (Å²) >= 11 is 7.16. The second kappa shape index (κ2) is 15.1. The Bertz CT molecular complexity index is 2350. The van der Waals surface area contributed by atoms with Crippen LogP contribution in [0.3, 0.4) is 0 Å². The lowest BCUT2D eigenvalue weighted by Crippen LogP contribution is -2.59. The highest BCUT2D eigenvalue weighted by molar-refractivity contribution is 7.17. The zero-order valence-electron chi connectivity index (χ0n) is 29.5. The molecular formula is C41H32ClF5N4O4S. The number of Topliss-reactive ketones (excluding diaryl/α,β-unsaturated/α-hetero) is 1. The highest BCUT2D eigenvalue weighted by Gasteiger charge is 2.45. The number of carbonyl (C=O) groups excluding carboxylic acids is 3. The van der Waals surface area contributed by atoms with Crippen LogP contribution in [0.4, 0.5) is 39.1 Å². The number of anilines is 3. The molecule has 3 aliphatic heterocycles. The minimum absolute atomic E-state index is 0.0109. The van der Waals surface area contributed by atoms with E-state index in [1.54, 1.807) is 6.07 Å². The number of ether oxygens (including phenoxy) is 1. The van der Waals surface area contributed by atoms with Gasteiger partial charge in [-0.2, -0.15) is 0 Å². The number of fused-ring (bicyclic) bond motifs is 3. The van der Waals surface area contributed by atoms with Gasteiger partial charge in [0.15, 0.2) is 5.78 Å². The largest absolute Gasteiger partial charge is 0.381 e. The van der Waals surface area contributed by atoms with Crippen molar-refractivity contribution in [3.05, 3.63) is 128 Å². The fraction of sp³-hybridized carbons (Fsp3) is 0.268. The molecule has 56 heavy (non-hydrogen) atoms. The van der Waals surface area contributed by atoms with E-state index in [0.717, 1.165) is 48.1 Å². The number of thiophene rings is 1. The third-order valence-corrected chi connectivity index (χ3v) is 12.1. The molecule has 5 aromatic rings. The summed E-state index contributed by atoms with van der Waals surface area (Å²) in [5.74, 6) is -3.55. The fourth-order valence-electron chi connectivity index (χ4n) is 7.55. The lowest BCUT2D eigenvalue weighted by molar-refractivity contribution is -0.000523. The number of nitrogens with one attached hydrogen (secondary N) is 1. The van der Waals surface area contributed by atoms with Gasteiger partial charge in [0.2, 0.25) is 0 Å². The number of amides is 2. The van der Waals surface area contributed by atoms with E-state index in [-0.39, 0.29) is 44.9 Å². The molecule has 1 N–H and O–H groups in total. The summed E-state index contributed by atoms with van der Waals surface area (Å²) < 4.78 is 75.6. The molecule has 2 amide bonds. The van der Waals surface area contributed by atoms with E-state index < -0.39 is 47.9 Å². The van der Waals surface area contributed by atoms with Crippen molar-refractivity contribution in [2.75, 3.05) is 48.0 Å². The van der Waals surface area contributed by atoms with Crippen LogP contribution in [0.15, 0.2) is 72.9 Å². The van der Waals surface area contributed by atoms with Gasteiger partial charge in [-0.3, -0.25) is 14.4 Å². The van der Waals surface area contributed by atoms with Crippen LogP contribution in [-0.2, 0) is 17.6 Å². The molecule has 2 aromatic heterocycles. The van der Waals surface area contributed by atoms with Crippen LogP contribution < -0.4 is 15.1 Å². The number of benzene rings is 3. The summed E-state index contributed by atoms with van der Waals surface area (Å²) in [6.07, 6.45) is -0.0691. The summed E-state index contributed by atoms with van der Waals surface area (Å²) in [4.78, 5) is 49.4. The van der Waals surface area contributed by atoms with E-state index in [2.05, 4.69) is 10.3 Å². The van der Waals surface area contributed by atoms with E-state index in [0.29, 0.717) is 65.6 Å². The molecule has 0 bridgehead atoms. The predicted molar refractivity (Wildman–Crippen MR) is 203 cm³/mol. The number of hydrogen-bond acceptors (Lipinski definition) is 7.